The van der Waals surface area contributed by atoms with Crippen LogP contribution >= 0.6 is 11.3 Å². The lowest BCUT2D eigenvalue weighted by atomic mass is 10.1. The Morgan fingerprint density at radius 3 is 3.06 bits per heavy atom. The van der Waals surface area contributed by atoms with E-state index >= 15 is 0 Å². The lowest BCUT2D eigenvalue weighted by Crippen LogP contribution is -2.36. The Morgan fingerprint density at radius 1 is 1.38 bits per heavy atom. The van der Waals surface area contributed by atoms with E-state index in [0.29, 0.717) is 18.9 Å². The molecule has 0 aliphatic carbocycles. The molecule has 3 aromatic rings. The lowest BCUT2D eigenvalue weighted by Gasteiger charge is -2.19. The number of benzene rings is 1. The fraction of sp³-hybridized carbons (Fsp3) is 0.320. The fourth-order valence-corrected chi connectivity index (χ4v) is 5.81. The van der Waals surface area contributed by atoms with E-state index in [1.807, 2.05) is 25.2 Å². The Labute approximate surface area is 191 Å². The summed E-state index contributed by atoms with van der Waals surface area (Å²) in [6, 6.07) is 10.3. The van der Waals surface area contributed by atoms with Crippen LogP contribution in [0.2, 0.25) is 0 Å². The van der Waals surface area contributed by atoms with Crippen LogP contribution < -0.4 is 5.32 Å². The molecule has 1 N–H and O–H groups in total. The molecule has 1 unspecified atom stereocenters. The monoisotopic (exact) mass is 446 g/mol. The molecule has 2 aromatic heterocycles. The number of likely N-dealkylation sites (N-methyl/N-ethyl adjacent to an activating group) is 1. The molecular weight excluding hydrogens is 420 g/mol. The largest absolute Gasteiger partial charge is 0.337 e. The van der Waals surface area contributed by atoms with Crippen LogP contribution in [0.4, 0.5) is 5.82 Å². The molecular formula is C25H26N4O2S. The first-order chi connectivity index (χ1) is 15.5. The third-order valence-electron chi connectivity index (χ3n) is 6.39. The number of nitrogens with zero attached hydrogens (tertiary/aromatic N) is 3. The molecule has 2 aliphatic rings. The molecule has 1 saturated heterocycles. The minimum atomic E-state index is -0.0595. The summed E-state index contributed by atoms with van der Waals surface area (Å²) in [6.45, 7) is 4.33. The average molecular weight is 447 g/mol. The average Bonchev–Trinajstić information content (AvgIpc) is 3.35. The van der Waals surface area contributed by atoms with Crippen LogP contribution in [0, 0.1) is 6.92 Å². The molecule has 1 fully saturated rings. The van der Waals surface area contributed by atoms with Crippen molar-refractivity contribution in [1.29, 1.82) is 0 Å². The van der Waals surface area contributed by atoms with E-state index in [4.69, 9.17) is 0 Å². The highest BCUT2D eigenvalue weighted by molar-refractivity contribution is 7.19. The minimum Gasteiger partial charge on any atom is -0.337 e. The molecule has 2 aliphatic heterocycles. The van der Waals surface area contributed by atoms with Gasteiger partial charge in [-0.25, -0.2) is 4.98 Å². The molecule has 0 radical (unpaired) electrons. The van der Waals surface area contributed by atoms with Crippen molar-refractivity contribution in [1.82, 2.24) is 14.8 Å². The van der Waals surface area contributed by atoms with Crippen LogP contribution in [-0.2, 0) is 22.7 Å². The highest BCUT2D eigenvalue weighted by Crippen LogP contribution is 2.31. The smallest absolute Gasteiger partial charge is 0.246 e. The number of aromatic nitrogens is 1. The first-order valence-corrected chi connectivity index (χ1v) is 11.8. The molecule has 32 heavy (non-hydrogen) atoms. The predicted molar refractivity (Wildman–Crippen MR) is 128 cm³/mol. The van der Waals surface area contributed by atoms with Crippen LogP contribution in [0.5, 0.6) is 0 Å². The van der Waals surface area contributed by atoms with Crippen molar-refractivity contribution in [2.45, 2.75) is 38.9 Å². The fourth-order valence-electron chi connectivity index (χ4n) is 4.55. The second kappa shape index (κ2) is 8.48. The number of pyridine rings is 1. The number of hydrogen-bond donors (Lipinski definition) is 1. The van der Waals surface area contributed by atoms with Gasteiger partial charge in [-0.3, -0.25) is 14.5 Å². The summed E-state index contributed by atoms with van der Waals surface area (Å²) < 4.78 is 1.25. The summed E-state index contributed by atoms with van der Waals surface area (Å²) in [5, 5.41) is 4.21. The number of carbonyl (C=O) groups excluding carboxylic acids is 2. The Morgan fingerprint density at radius 2 is 2.22 bits per heavy atom. The molecule has 0 bridgehead atoms. The van der Waals surface area contributed by atoms with Gasteiger partial charge in [0.2, 0.25) is 11.8 Å². The molecule has 0 spiro atoms. The second-order valence-electron chi connectivity index (χ2n) is 8.57. The highest BCUT2D eigenvalue weighted by atomic mass is 32.1. The van der Waals surface area contributed by atoms with Gasteiger partial charge in [-0.1, -0.05) is 18.2 Å². The van der Waals surface area contributed by atoms with Crippen molar-refractivity contribution in [2.24, 2.45) is 0 Å². The quantitative estimate of drug-likeness (QED) is 0.610. The van der Waals surface area contributed by atoms with Gasteiger partial charge in [0.25, 0.3) is 0 Å². The van der Waals surface area contributed by atoms with Crippen molar-refractivity contribution in [3.05, 3.63) is 64.2 Å². The number of thiophene rings is 1. The topological polar surface area (TPSA) is 65.5 Å². The van der Waals surface area contributed by atoms with Gasteiger partial charge < -0.3 is 10.2 Å². The number of amides is 2. The maximum absolute atomic E-state index is 12.7. The van der Waals surface area contributed by atoms with Crippen LogP contribution in [0.1, 0.15) is 34.4 Å². The lowest BCUT2D eigenvalue weighted by molar-refractivity contribution is -0.125. The van der Waals surface area contributed by atoms with Crippen LogP contribution in [0.25, 0.3) is 16.2 Å². The van der Waals surface area contributed by atoms with E-state index in [-0.39, 0.29) is 17.9 Å². The summed E-state index contributed by atoms with van der Waals surface area (Å²) in [6.07, 6.45) is 7.04. The van der Waals surface area contributed by atoms with Crippen LogP contribution in [-0.4, -0.2) is 46.2 Å². The normalized spacial score (nSPS) is 18.4. The summed E-state index contributed by atoms with van der Waals surface area (Å²) in [5.41, 5.74) is 3.09. The molecule has 2 amide bonds. The van der Waals surface area contributed by atoms with E-state index in [2.05, 4.69) is 34.3 Å². The van der Waals surface area contributed by atoms with E-state index in [1.54, 1.807) is 34.6 Å². The molecule has 1 aromatic carbocycles. The van der Waals surface area contributed by atoms with Crippen LogP contribution in [0.15, 0.2) is 42.6 Å². The third kappa shape index (κ3) is 3.94. The van der Waals surface area contributed by atoms with Gasteiger partial charge in [-0.15, -0.1) is 11.3 Å². The van der Waals surface area contributed by atoms with Gasteiger partial charge in [0, 0.05) is 41.0 Å². The molecule has 5 rings (SSSR count). The van der Waals surface area contributed by atoms with E-state index in [1.165, 1.54) is 20.5 Å². The van der Waals surface area contributed by atoms with Gasteiger partial charge >= 0.3 is 0 Å². The number of carbonyl (C=O) groups is 2. The van der Waals surface area contributed by atoms with Crippen LogP contribution in [0.3, 0.4) is 0 Å². The van der Waals surface area contributed by atoms with Crippen molar-refractivity contribution < 1.29 is 9.59 Å². The van der Waals surface area contributed by atoms with E-state index in [9.17, 15) is 9.59 Å². The summed E-state index contributed by atoms with van der Waals surface area (Å²) in [7, 11) is 1.83. The van der Waals surface area contributed by atoms with E-state index < -0.39 is 0 Å². The number of anilines is 1. The zero-order valence-electron chi connectivity index (χ0n) is 18.3. The summed E-state index contributed by atoms with van der Waals surface area (Å²) in [5.74, 6) is 0.611. The summed E-state index contributed by atoms with van der Waals surface area (Å²) in [4.78, 5) is 34.8. The third-order valence-corrected chi connectivity index (χ3v) is 7.64. The number of hydrogen-bond acceptors (Lipinski definition) is 5. The van der Waals surface area contributed by atoms with Gasteiger partial charge in [0.15, 0.2) is 0 Å². The van der Waals surface area contributed by atoms with Crippen molar-refractivity contribution in [3.8, 4) is 0 Å². The maximum Gasteiger partial charge on any atom is 0.246 e. The predicted octanol–water partition coefficient (Wildman–Crippen LogP) is 4.19. The maximum atomic E-state index is 12.7. The molecule has 6 nitrogen and oxygen atoms in total. The zero-order chi connectivity index (χ0) is 22.2. The number of nitrogens with one attached hydrogen (secondary N) is 1. The minimum absolute atomic E-state index is 0.0328. The number of rotatable bonds is 4. The molecule has 164 valence electrons. The van der Waals surface area contributed by atoms with Gasteiger partial charge in [0.1, 0.15) is 5.82 Å². The second-order valence-corrected chi connectivity index (χ2v) is 9.70. The van der Waals surface area contributed by atoms with Gasteiger partial charge in [-0.2, -0.15) is 0 Å². The number of fused-ring (bicyclic) bond motifs is 3. The van der Waals surface area contributed by atoms with Crippen molar-refractivity contribution in [3.63, 3.8) is 0 Å². The SMILES string of the molecule is Cc1c(CN(C)C(=O)/C=C/c2cnc3c(c2)CN2CCCC2C(=O)N3)sc2ccccc12. The first-order valence-electron chi connectivity index (χ1n) is 10.9. The number of aryl methyl sites for hydroxylation is 1. The Balaban J connectivity index is 1.29. The summed E-state index contributed by atoms with van der Waals surface area (Å²) >= 11 is 1.74. The molecule has 1 atom stereocenters. The Hall–Kier alpha value is -3.03. The van der Waals surface area contributed by atoms with Gasteiger partial charge in [0.05, 0.1) is 12.6 Å². The molecule has 7 heteroatoms. The Bertz CT molecular complexity index is 1230. The first kappa shape index (κ1) is 20.8. The highest BCUT2D eigenvalue weighted by Gasteiger charge is 2.34. The van der Waals surface area contributed by atoms with Gasteiger partial charge in [-0.05, 0) is 61.0 Å². The zero-order valence-corrected chi connectivity index (χ0v) is 19.1. The van der Waals surface area contributed by atoms with Crippen molar-refractivity contribution >= 4 is 45.1 Å². The van der Waals surface area contributed by atoms with Crippen molar-refractivity contribution in [2.75, 3.05) is 18.9 Å². The Kier molecular flexibility index (Phi) is 5.53. The standard InChI is InChI=1S/C25H26N4O2S/c1-16-19-6-3-4-8-21(19)32-22(16)15-28(2)23(30)10-9-17-12-18-14-29-11-5-7-20(29)25(31)27-24(18)26-13-17/h3-4,6,8-10,12-13,20H,5,7,11,14-15H2,1-2H3,(H,26,27,31)/b10-9+. The molecule has 0 saturated carbocycles. The van der Waals surface area contributed by atoms with E-state index in [0.717, 1.165) is 30.5 Å². The molecule has 4 heterocycles.